The van der Waals surface area contributed by atoms with Gasteiger partial charge in [0.25, 0.3) is 0 Å². The Balaban J connectivity index is 3.02. The molecule has 0 radical (unpaired) electrons. The predicted octanol–water partition coefficient (Wildman–Crippen LogP) is 3.97. The molecule has 0 saturated heterocycles. The van der Waals surface area contributed by atoms with Gasteiger partial charge in [-0.15, -0.1) is 0 Å². The van der Waals surface area contributed by atoms with Gasteiger partial charge in [-0.2, -0.15) is 0 Å². The lowest BCUT2D eigenvalue weighted by molar-refractivity contribution is 0.394. The summed E-state index contributed by atoms with van der Waals surface area (Å²) in [5, 5.41) is 9.47. The Bertz CT molecular complexity index is 233. The molecule has 1 N–H and O–H groups in total. The van der Waals surface area contributed by atoms with Crippen LogP contribution in [-0.4, -0.2) is 14.8 Å². The van der Waals surface area contributed by atoms with E-state index < -0.39 is 0 Å². The van der Waals surface area contributed by atoms with Crippen molar-refractivity contribution in [1.82, 2.24) is 0 Å². The number of aliphatic hydroxyl groups excluding tert-OH is 1. The third-order valence-corrected chi connectivity index (χ3v) is 5.81. The van der Waals surface area contributed by atoms with E-state index in [2.05, 4.69) is 63.7 Å². The maximum atomic E-state index is 9.47. The van der Waals surface area contributed by atoms with E-state index in [-0.39, 0.29) is 9.65 Å². The molecule has 0 saturated carbocycles. The highest BCUT2D eigenvalue weighted by Gasteiger charge is 2.26. The van der Waals surface area contributed by atoms with Crippen molar-refractivity contribution in [3.05, 3.63) is 20.8 Å². The summed E-state index contributed by atoms with van der Waals surface area (Å²) >= 11 is 13.3. The van der Waals surface area contributed by atoms with E-state index in [0.29, 0.717) is 10.2 Å². The summed E-state index contributed by atoms with van der Waals surface area (Å²) in [6.45, 7) is 0. The normalized spacial score (nSPS) is 32.2. The molecule has 62 valence electrons. The Hall–Kier alpha value is 1.20. The highest BCUT2D eigenvalue weighted by Crippen LogP contribution is 2.37. The van der Waals surface area contributed by atoms with Crippen LogP contribution in [0.15, 0.2) is 20.8 Å². The van der Waals surface area contributed by atoms with Crippen molar-refractivity contribution in [2.45, 2.75) is 9.65 Å². The van der Waals surface area contributed by atoms with Gasteiger partial charge in [-0.05, 0) is 31.9 Å². The number of allylic oxidation sites excluding steroid dienone is 4. The fourth-order valence-electron chi connectivity index (χ4n) is 0.692. The molecule has 1 aliphatic carbocycles. The van der Waals surface area contributed by atoms with E-state index in [4.69, 9.17) is 0 Å². The van der Waals surface area contributed by atoms with Gasteiger partial charge in [0.05, 0.1) is 14.1 Å². The minimum absolute atomic E-state index is 0.0572. The molecule has 0 spiro atoms. The second-order valence-electron chi connectivity index (χ2n) is 2.06. The largest absolute Gasteiger partial charge is 0.510 e. The van der Waals surface area contributed by atoms with Gasteiger partial charge in [0, 0.05) is 4.48 Å². The second kappa shape index (κ2) is 3.94. The number of rotatable bonds is 0. The topological polar surface area (TPSA) is 20.2 Å². The van der Waals surface area contributed by atoms with Gasteiger partial charge in [0.15, 0.2) is 0 Å². The fourth-order valence-corrected chi connectivity index (χ4v) is 3.12. The molecule has 0 aliphatic heterocycles. The summed E-state index contributed by atoms with van der Waals surface area (Å²) in [6, 6.07) is 0. The minimum atomic E-state index is -0.0572. The lowest BCUT2D eigenvalue weighted by Gasteiger charge is -2.19. The molecule has 0 aromatic heterocycles. The Morgan fingerprint density at radius 2 is 1.82 bits per heavy atom. The van der Waals surface area contributed by atoms with Crippen molar-refractivity contribution in [3.8, 4) is 0 Å². The second-order valence-corrected chi connectivity index (χ2v) is 5.75. The van der Waals surface area contributed by atoms with Gasteiger partial charge in [-0.1, -0.05) is 37.9 Å². The molecular weight excluding hydrogens is 408 g/mol. The zero-order chi connectivity index (χ0) is 8.59. The van der Waals surface area contributed by atoms with Crippen molar-refractivity contribution in [2.75, 3.05) is 0 Å². The predicted molar refractivity (Wildman–Crippen MR) is 61.0 cm³/mol. The summed E-state index contributed by atoms with van der Waals surface area (Å²) in [6.07, 6.45) is 1.96. The van der Waals surface area contributed by atoms with Crippen LogP contribution in [0.5, 0.6) is 0 Å². The van der Waals surface area contributed by atoms with Gasteiger partial charge in [-0.25, -0.2) is 0 Å². The van der Waals surface area contributed by atoms with Crippen LogP contribution in [0.3, 0.4) is 0 Å². The zero-order valence-corrected chi connectivity index (χ0v) is 11.5. The maximum Gasteiger partial charge on any atom is 0.123 e. The Labute approximate surface area is 98.4 Å². The van der Waals surface area contributed by atoms with Crippen molar-refractivity contribution < 1.29 is 5.11 Å². The first kappa shape index (κ1) is 10.3. The third-order valence-electron chi connectivity index (χ3n) is 1.28. The van der Waals surface area contributed by atoms with Crippen LogP contribution in [0.25, 0.3) is 0 Å². The van der Waals surface area contributed by atoms with Gasteiger partial charge in [0.2, 0.25) is 0 Å². The monoisotopic (exact) mass is 408 g/mol. The Morgan fingerprint density at radius 3 is 2.36 bits per heavy atom. The van der Waals surface area contributed by atoms with E-state index in [0.717, 1.165) is 4.48 Å². The molecular formula is C6H4Br4O. The molecule has 1 aliphatic rings. The average Bonchev–Trinajstić information content (AvgIpc) is 1.97. The van der Waals surface area contributed by atoms with Crippen LogP contribution in [0.1, 0.15) is 0 Å². The van der Waals surface area contributed by atoms with Gasteiger partial charge >= 0.3 is 0 Å². The quantitative estimate of drug-likeness (QED) is 0.598. The lowest BCUT2D eigenvalue weighted by Crippen LogP contribution is -2.18. The zero-order valence-electron chi connectivity index (χ0n) is 5.19. The van der Waals surface area contributed by atoms with Crippen LogP contribution >= 0.6 is 63.7 Å². The smallest absolute Gasteiger partial charge is 0.123 e. The van der Waals surface area contributed by atoms with Crippen molar-refractivity contribution in [2.24, 2.45) is 0 Å². The molecule has 2 atom stereocenters. The fraction of sp³-hybridized carbons (Fsp3) is 0.333. The van der Waals surface area contributed by atoms with E-state index >= 15 is 0 Å². The van der Waals surface area contributed by atoms with Crippen LogP contribution in [0.2, 0.25) is 0 Å². The van der Waals surface area contributed by atoms with Crippen molar-refractivity contribution in [3.63, 3.8) is 0 Å². The molecule has 0 heterocycles. The summed E-state index contributed by atoms with van der Waals surface area (Å²) in [5.74, 6) is 0.307. The Kier molecular flexibility index (Phi) is 3.68. The molecule has 0 fully saturated rings. The number of aliphatic hydroxyl groups is 1. The number of alkyl halides is 2. The summed E-state index contributed by atoms with van der Waals surface area (Å²) in [4.78, 5) is 0.0661. The first-order valence-corrected chi connectivity index (χ1v) is 6.20. The van der Waals surface area contributed by atoms with E-state index in [1.165, 1.54) is 0 Å². The molecule has 0 amide bonds. The highest BCUT2D eigenvalue weighted by molar-refractivity contribution is 9.15. The van der Waals surface area contributed by atoms with E-state index in [9.17, 15) is 5.11 Å². The molecule has 0 bridgehead atoms. The first-order valence-electron chi connectivity index (χ1n) is 2.78. The molecule has 1 rings (SSSR count). The van der Waals surface area contributed by atoms with Crippen LogP contribution < -0.4 is 0 Å². The summed E-state index contributed by atoms with van der Waals surface area (Å²) in [5.41, 5.74) is 0. The van der Waals surface area contributed by atoms with E-state index in [1.807, 2.05) is 6.08 Å². The maximum absolute atomic E-state index is 9.47. The average molecular weight is 412 g/mol. The van der Waals surface area contributed by atoms with Gasteiger partial charge in [0.1, 0.15) is 5.76 Å². The Morgan fingerprint density at radius 1 is 1.27 bits per heavy atom. The van der Waals surface area contributed by atoms with E-state index in [1.54, 1.807) is 0 Å². The SMILES string of the molecule is OC1=C(Br)C(Br)=CC(Br)C1Br. The highest BCUT2D eigenvalue weighted by atomic mass is 79.9. The van der Waals surface area contributed by atoms with Gasteiger partial charge < -0.3 is 5.11 Å². The lowest BCUT2D eigenvalue weighted by atomic mass is 10.2. The molecule has 0 aromatic carbocycles. The minimum Gasteiger partial charge on any atom is -0.510 e. The van der Waals surface area contributed by atoms with Crippen molar-refractivity contribution >= 4 is 63.7 Å². The first-order chi connectivity index (χ1) is 5.04. The standard InChI is InChI=1S/C6H4Br4O/c7-2-1-3(8)5(10)6(11)4(2)9/h1-2,4,11H. The number of halogens is 4. The summed E-state index contributed by atoms with van der Waals surface area (Å²) in [7, 11) is 0. The number of hydrogen-bond acceptors (Lipinski definition) is 1. The molecule has 5 heteroatoms. The van der Waals surface area contributed by atoms with Crippen LogP contribution in [0, 0.1) is 0 Å². The number of hydrogen-bond donors (Lipinski definition) is 1. The van der Waals surface area contributed by atoms with Crippen molar-refractivity contribution in [1.29, 1.82) is 0 Å². The molecule has 1 nitrogen and oxygen atoms in total. The van der Waals surface area contributed by atoms with Crippen LogP contribution in [0.4, 0.5) is 0 Å². The molecule has 11 heavy (non-hydrogen) atoms. The molecule has 0 aromatic rings. The van der Waals surface area contributed by atoms with Crippen LogP contribution in [-0.2, 0) is 0 Å². The summed E-state index contributed by atoms with van der Waals surface area (Å²) < 4.78 is 1.57. The van der Waals surface area contributed by atoms with Gasteiger partial charge in [-0.3, -0.25) is 0 Å². The molecule has 2 unspecified atom stereocenters. The third kappa shape index (κ3) is 2.11.